The molecule has 0 aliphatic carbocycles. The van der Waals surface area contributed by atoms with Gasteiger partial charge in [-0.05, 0) is 49.4 Å². The fourth-order valence-electron chi connectivity index (χ4n) is 3.88. The summed E-state index contributed by atoms with van der Waals surface area (Å²) >= 11 is 1.66. The Morgan fingerprint density at radius 2 is 1.88 bits per heavy atom. The molecule has 0 fully saturated rings. The van der Waals surface area contributed by atoms with Gasteiger partial charge in [0.2, 0.25) is 5.43 Å². The molecule has 5 aromatic heterocycles. The van der Waals surface area contributed by atoms with E-state index in [0.717, 1.165) is 32.7 Å². The van der Waals surface area contributed by atoms with Crippen molar-refractivity contribution < 1.29 is 0 Å². The molecule has 0 bridgehead atoms. The minimum absolute atomic E-state index is 0.161. The molecule has 0 saturated heterocycles. The molecule has 0 aliphatic rings. The quantitative estimate of drug-likeness (QED) is 0.381. The molecule has 0 spiro atoms. The second-order valence-corrected chi connectivity index (χ2v) is 8.84. The van der Waals surface area contributed by atoms with Gasteiger partial charge >= 0.3 is 0 Å². The molecular weight excluding hydrogens is 418 g/mol. The lowest BCUT2D eigenvalue weighted by Gasteiger charge is -2.10. The number of fused-ring (bicyclic) bond motifs is 2. The lowest BCUT2D eigenvalue weighted by molar-refractivity contribution is 1.22. The van der Waals surface area contributed by atoms with Crippen LogP contribution in [-0.4, -0.2) is 24.9 Å². The number of thiophene rings is 1. The molecule has 154 valence electrons. The Morgan fingerprint density at radius 1 is 0.938 bits per heavy atom. The fourth-order valence-corrected chi connectivity index (χ4v) is 4.74. The number of aromatic nitrogens is 5. The van der Waals surface area contributed by atoms with E-state index in [4.69, 9.17) is 9.97 Å². The number of rotatable bonds is 3. The van der Waals surface area contributed by atoms with Crippen LogP contribution in [0.2, 0.25) is 0 Å². The first-order valence-corrected chi connectivity index (χ1v) is 11.0. The van der Waals surface area contributed by atoms with Crippen LogP contribution in [0.25, 0.3) is 55.2 Å². The Morgan fingerprint density at radius 3 is 2.69 bits per heavy atom. The Labute approximate surface area is 186 Å². The first kappa shape index (κ1) is 18.7. The SMILES string of the molecule is Cc1ccc(-c2nc3[nH]cc(-c4ccc[nH]4)c(=O)c3nc2-c2ccc3ncccc3c2)s1. The van der Waals surface area contributed by atoms with Gasteiger partial charge < -0.3 is 9.97 Å². The van der Waals surface area contributed by atoms with E-state index in [2.05, 4.69) is 27.9 Å². The number of hydrogen-bond donors (Lipinski definition) is 2. The van der Waals surface area contributed by atoms with Crippen molar-refractivity contribution in [2.24, 2.45) is 0 Å². The summed E-state index contributed by atoms with van der Waals surface area (Å²) in [5.74, 6) is 0. The van der Waals surface area contributed by atoms with E-state index in [0.29, 0.717) is 22.4 Å². The maximum absolute atomic E-state index is 13.3. The Bertz CT molecular complexity index is 1660. The Balaban J connectivity index is 1.66. The first-order chi connectivity index (χ1) is 15.7. The fraction of sp³-hybridized carbons (Fsp3) is 0.0400. The summed E-state index contributed by atoms with van der Waals surface area (Å²) in [5, 5.41) is 1.01. The molecule has 7 heteroatoms. The van der Waals surface area contributed by atoms with Gasteiger partial charge in [-0.15, -0.1) is 11.3 Å². The van der Waals surface area contributed by atoms with Gasteiger partial charge in [-0.2, -0.15) is 0 Å². The number of aryl methyl sites for hydroxylation is 1. The van der Waals surface area contributed by atoms with Crippen LogP contribution in [0.1, 0.15) is 4.88 Å². The molecule has 2 N–H and O–H groups in total. The first-order valence-electron chi connectivity index (χ1n) is 10.2. The third kappa shape index (κ3) is 3.02. The van der Waals surface area contributed by atoms with Gasteiger partial charge in [-0.25, -0.2) is 9.97 Å². The number of hydrogen-bond acceptors (Lipinski definition) is 5. The highest BCUT2D eigenvalue weighted by atomic mass is 32.1. The van der Waals surface area contributed by atoms with Crippen LogP contribution in [0.4, 0.5) is 0 Å². The smallest absolute Gasteiger partial charge is 0.218 e. The molecule has 0 aliphatic heterocycles. The monoisotopic (exact) mass is 435 g/mol. The number of benzene rings is 1. The van der Waals surface area contributed by atoms with Crippen molar-refractivity contribution in [2.45, 2.75) is 6.92 Å². The summed E-state index contributed by atoms with van der Waals surface area (Å²) in [7, 11) is 0. The number of aromatic amines is 2. The number of nitrogens with one attached hydrogen (secondary N) is 2. The van der Waals surface area contributed by atoms with Gasteiger partial charge in [0.05, 0.1) is 27.3 Å². The van der Waals surface area contributed by atoms with Crippen molar-refractivity contribution >= 4 is 33.4 Å². The molecule has 0 amide bonds. The zero-order chi connectivity index (χ0) is 21.7. The zero-order valence-corrected chi connectivity index (χ0v) is 17.9. The Kier molecular flexibility index (Phi) is 4.22. The van der Waals surface area contributed by atoms with Gasteiger partial charge in [0.25, 0.3) is 0 Å². The summed E-state index contributed by atoms with van der Waals surface area (Å²) in [6.45, 7) is 2.06. The van der Waals surface area contributed by atoms with E-state index in [1.165, 1.54) is 4.88 Å². The molecule has 1 aromatic carbocycles. The van der Waals surface area contributed by atoms with Crippen LogP contribution in [0.5, 0.6) is 0 Å². The van der Waals surface area contributed by atoms with Crippen molar-refractivity contribution in [3.8, 4) is 33.1 Å². The van der Waals surface area contributed by atoms with Crippen LogP contribution in [0.15, 0.2) is 78.0 Å². The third-order valence-electron chi connectivity index (χ3n) is 5.45. The van der Waals surface area contributed by atoms with E-state index >= 15 is 0 Å². The highest BCUT2D eigenvalue weighted by Crippen LogP contribution is 2.35. The summed E-state index contributed by atoms with van der Waals surface area (Å²) in [4.78, 5) is 35.9. The van der Waals surface area contributed by atoms with Gasteiger partial charge in [0.15, 0.2) is 11.2 Å². The maximum Gasteiger partial charge on any atom is 0.218 e. The van der Waals surface area contributed by atoms with Gasteiger partial charge in [-0.1, -0.05) is 12.1 Å². The highest BCUT2D eigenvalue weighted by molar-refractivity contribution is 7.15. The van der Waals surface area contributed by atoms with Gasteiger partial charge in [0, 0.05) is 34.4 Å². The molecular formula is C25H17N5OS. The summed E-state index contributed by atoms with van der Waals surface area (Å²) in [5.41, 5.74) is 5.13. The molecule has 6 nitrogen and oxygen atoms in total. The summed E-state index contributed by atoms with van der Waals surface area (Å²) in [6, 6.07) is 17.8. The number of H-pyrrole nitrogens is 2. The molecule has 6 aromatic rings. The molecule has 0 saturated carbocycles. The second-order valence-electron chi connectivity index (χ2n) is 7.55. The van der Waals surface area contributed by atoms with Crippen molar-refractivity contribution in [1.82, 2.24) is 24.9 Å². The molecule has 6 rings (SSSR count). The normalized spacial score (nSPS) is 11.4. The maximum atomic E-state index is 13.3. The van der Waals surface area contributed by atoms with E-state index in [1.807, 2.05) is 48.5 Å². The molecule has 32 heavy (non-hydrogen) atoms. The minimum atomic E-state index is -0.161. The van der Waals surface area contributed by atoms with E-state index < -0.39 is 0 Å². The number of nitrogens with zero attached hydrogens (tertiary/aromatic N) is 3. The Hall–Kier alpha value is -4.10. The van der Waals surface area contributed by atoms with Crippen LogP contribution in [-0.2, 0) is 0 Å². The highest BCUT2D eigenvalue weighted by Gasteiger charge is 2.18. The molecule has 0 atom stereocenters. The van der Waals surface area contributed by atoms with Crippen molar-refractivity contribution in [3.05, 3.63) is 88.3 Å². The van der Waals surface area contributed by atoms with Crippen LogP contribution in [0, 0.1) is 6.92 Å². The summed E-state index contributed by atoms with van der Waals surface area (Å²) in [6.07, 6.45) is 5.26. The average Bonchev–Trinajstić information content (AvgIpc) is 3.50. The van der Waals surface area contributed by atoms with Crippen LogP contribution >= 0.6 is 11.3 Å². The van der Waals surface area contributed by atoms with Crippen molar-refractivity contribution in [2.75, 3.05) is 0 Å². The lowest BCUT2D eigenvalue weighted by atomic mass is 10.1. The largest absolute Gasteiger partial charge is 0.361 e. The predicted octanol–water partition coefficient (Wildman–Crippen LogP) is 5.57. The topological polar surface area (TPSA) is 87.3 Å². The third-order valence-corrected chi connectivity index (χ3v) is 6.45. The van der Waals surface area contributed by atoms with Crippen LogP contribution in [0.3, 0.4) is 0 Å². The zero-order valence-electron chi connectivity index (χ0n) is 17.1. The predicted molar refractivity (Wildman–Crippen MR) is 129 cm³/mol. The lowest BCUT2D eigenvalue weighted by Crippen LogP contribution is -2.10. The summed E-state index contributed by atoms with van der Waals surface area (Å²) < 4.78 is 0. The van der Waals surface area contributed by atoms with Crippen LogP contribution < -0.4 is 5.43 Å². The van der Waals surface area contributed by atoms with Crippen molar-refractivity contribution in [3.63, 3.8) is 0 Å². The molecule has 5 heterocycles. The number of pyridine rings is 2. The molecule has 0 unspecified atom stereocenters. The van der Waals surface area contributed by atoms with E-state index in [9.17, 15) is 4.79 Å². The van der Waals surface area contributed by atoms with Crippen molar-refractivity contribution in [1.29, 1.82) is 0 Å². The molecule has 0 radical (unpaired) electrons. The van der Waals surface area contributed by atoms with E-state index in [-0.39, 0.29) is 5.43 Å². The second kappa shape index (κ2) is 7.25. The van der Waals surface area contributed by atoms with E-state index in [1.54, 1.807) is 29.9 Å². The minimum Gasteiger partial charge on any atom is -0.361 e. The van der Waals surface area contributed by atoms with Gasteiger partial charge in [0.1, 0.15) is 5.69 Å². The van der Waals surface area contributed by atoms with Gasteiger partial charge in [-0.3, -0.25) is 9.78 Å². The average molecular weight is 436 g/mol. The standard InChI is InChI=1S/C25H17N5OS/c1-14-6-9-20(32-14)22-21(16-7-8-18-15(12-16)4-2-10-26-18)29-23-24(31)17(13-28-25(23)30-22)19-5-3-11-27-19/h2-13,27H,1H3,(H,28,30,31).